The molecule has 1 unspecified atom stereocenters. The highest BCUT2D eigenvalue weighted by atomic mass is 35.5. The third-order valence-corrected chi connectivity index (χ3v) is 5.36. The molecule has 0 bridgehead atoms. The van der Waals surface area contributed by atoms with Gasteiger partial charge < -0.3 is 20.2 Å². The third kappa shape index (κ3) is 3.35. The predicted octanol–water partition coefficient (Wildman–Crippen LogP) is 1.85. The molecule has 3 rings (SSSR count). The van der Waals surface area contributed by atoms with Gasteiger partial charge in [0.05, 0.1) is 12.0 Å². The maximum absolute atomic E-state index is 12.7. The average Bonchev–Trinajstić information content (AvgIpc) is 3.24. The van der Waals surface area contributed by atoms with E-state index in [1.54, 1.807) is 19.2 Å². The topological polar surface area (TPSA) is 72.9 Å². The van der Waals surface area contributed by atoms with Crippen LogP contribution in [0.3, 0.4) is 0 Å². The van der Waals surface area contributed by atoms with Gasteiger partial charge in [0.1, 0.15) is 0 Å². The first-order valence-corrected chi connectivity index (χ1v) is 8.56. The van der Waals surface area contributed by atoms with Gasteiger partial charge >= 0.3 is 6.09 Å². The lowest BCUT2D eigenvalue weighted by Gasteiger charge is -2.26. The van der Waals surface area contributed by atoms with Gasteiger partial charge in [-0.3, -0.25) is 4.79 Å². The lowest BCUT2D eigenvalue weighted by atomic mass is 9.94. The summed E-state index contributed by atoms with van der Waals surface area (Å²) < 4.78 is 0. The smallest absolute Gasteiger partial charge is 0.407 e. The fraction of sp³-hybridized carbons (Fsp3) is 0.529. The van der Waals surface area contributed by atoms with Crippen LogP contribution < -0.4 is 5.32 Å². The molecule has 2 N–H and O–H groups in total. The van der Waals surface area contributed by atoms with E-state index < -0.39 is 6.09 Å². The van der Waals surface area contributed by atoms with Gasteiger partial charge in [-0.15, -0.1) is 0 Å². The van der Waals surface area contributed by atoms with Crippen molar-refractivity contribution in [2.24, 2.45) is 5.92 Å². The number of carbonyl (C=O) groups excluding carboxylic acids is 1. The minimum atomic E-state index is -0.976. The number of amides is 2. The number of benzene rings is 1. The summed E-state index contributed by atoms with van der Waals surface area (Å²) in [5, 5.41) is 13.2. The Labute approximate surface area is 146 Å². The van der Waals surface area contributed by atoms with Crippen molar-refractivity contribution in [1.29, 1.82) is 0 Å². The highest BCUT2D eigenvalue weighted by Crippen LogP contribution is 2.32. The van der Waals surface area contributed by atoms with E-state index in [9.17, 15) is 14.7 Å². The highest BCUT2D eigenvalue weighted by Gasteiger charge is 2.41. The number of likely N-dealkylation sites (tertiary alicyclic amines) is 1. The second-order valence-electron chi connectivity index (χ2n) is 6.55. The molecule has 2 amide bonds. The summed E-state index contributed by atoms with van der Waals surface area (Å²) in [4.78, 5) is 27.3. The largest absolute Gasteiger partial charge is 0.465 e. The van der Waals surface area contributed by atoms with Gasteiger partial charge in [0.25, 0.3) is 0 Å². The Morgan fingerprint density at radius 2 is 2.00 bits per heavy atom. The Morgan fingerprint density at radius 3 is 2.58 bits per heavy atom. The monoisotopic (exact) mass is 351 g/mol. The van der Waals surface area contributed by atoms with Crippen LogP contribution in [0, 0.1) is 5.92 Å². The predicted molar refractivity (Wildman–Crippen MR) is 91.3 cm³/mol. The Bertz CT molecular complexity index is 616. The molecule has 2 heterocycles. The zero-order valence-corrected chi connectivity index (χ0v) is 14.4. The summed E-state index contributed by atoms with van der Waals surface area (Å²) in [5.74, 6) is 0.0895. The number of nitrogens with zero attached hydrogens (tertiary/aromatic N) is 2. The first-order valence-electron chi connectivity index (χ1n) is 8.18. The van der Waals surface area contributed by atoms with Crippen LogP contribution in [-0.2, 0) is 4.79 Å². The molecule has 0 aliphatic carbocycles. The van der Waals surface area contributed by atoms with Gasteiger partial charge in [0.15, 0.2) is 0 Å². The van der Waals surface area contributed by atoms with E-state index in [1.165, 1.54) is 4.90 Å². The number of carboxylic acid groups (broad SMARTS) is 1. The second kappa shape index (κ2) is 6.99. The van der Waals surface area contributed by atoms with Crippen molar-refractivity contribution in [3.8, 4) is 0 Å². The molecule has 0 saturated carbocycles. The maximum Gasteiger partial charge on any atom is 0.407 e. The quantitative estimate of drug-likeness (QED) is 0.871. The highest BCUT2D eigenvalue weighted by molar-refractivity contribution is 6.30. The SMILES string of the molecule is CN(C(=O)O)[C@@H]1CN(C(=O)C2CCNC2)C[C@H]1c1ccc(Cl)cc1. The first-order chi connectivity index (χ1) is 11.5. The first kappa shape index (κ1) is 17.0. The van der Waals surface area contributed by atoms with Gasteiger partial charge in [-0.05, 0) is 30.7 Å². The van der Waals surface area contributed by atoms with Gasteiger partial charge in [0, 0.05) is 37.6 Å². The van der Waals surface area contributed by atoms with Gasteiger partial charge in [0.2, 0.25) is 5.91 Å². The number of rotatable bonds is 3. The summed E-state index contributed by atoms with van der Waals surface area (Å²) in [6.07, 6.45) is -0.129. The Kier molecular flexibility index (Phi) is 4.96. The van der Waals surface area contributed by atoms with Crippen molar-refractivity contribution in [2.75, 3.05) is 33.2 Å². The third-order valence-electron chi connectivity index (χ3n) is 5.11. The fourth-order valence-corrected chi connectivity index (χ4v) is 3.79. The summed E-state index contributed by atoms with van der Waals surface area (Å²) >= 11 is 5.96. The van der Waals surface area contributed by atoms with Crippen molar-refractivity contribution in [1.82, 2.24) is 15.1 Å². The molecule has 0 aromatic heterocycles. The summed E-state index contributed by atoms with van der Waals surface area (Å²) in [6, 6.07) is 7.20. The maximum atomic E-state index is 12.7. The van der Waals surface area contributed by atoms with E-state index in [-0.39, 0.29) is 23.8 Å². The number of hydrogen-bond donors (Lipinski definition) is 2. The molecule has 2 fully saturated rings. The van der Waals surface area contributed by atoms with Crippen LogP contribution in [0.5, 0.6) is 0 Å². The van der Waals surface area contributed by atoms with Crippen molar-refractivity contribution >= 4 is 23.6 Å². The summed E-state index contributed by atoms with van der Waals surface area (Å²) in [7, 11) is 1.57. The van der Waals surface area contributed by atoms with Crippen LogP contribution >= 0.6 is 11.6 Å². The van der Waals surface area contributed by atoms with E-state index in [0.29, 0.717) is 24.7 Å². The zero-order chi connectivity index (χ0) is 17.3. The van der Waals surface area contributed by atoms with E-state index in [1.807, 2.05) is 17.0 Å². The van der Waals surface area contributed by atoms with Crippen LogP contribution in [0.25, 0.3) is 0 Å². The van der Waals surface area contributed by atoms with Gasteiger partial charge in [-0.25, -0.2) is 4.79 Å². The molecule has 6 nitrogen and oxygen atoms in total. The van der Waals surface area contributed by atoms with Crippen molar-refractivity contribution in [3.05, 3.63) is 34.9 Å². The number of nitrogens with one attached hydrogen (secondary N) is 1. The molecule has 7 heteroatoms. The molecule has 3 atom stereocenters. The van der Waals surface area contributed by atoms with Crippen LogP contribution in [0.2, 0.25) is 5.02 Å². The molecule has 24 heavy (non-hydrogen) atoms. The Hall–Kier alpha value is -1.79. The molecule has 1 aromatic rings. The van der Waals surface area contributed by atoms with E-state index >= 15 is 0 Å². The Morgan fingerprint density at radius 1 is 1.29 bits per heavy atom. The number of likely N-dealkylation sites (N-methyl/N-ethyl adjacent to an activating group) is 1. The van der Waals surface area contributed by atoms with E-state index in [2.05, 4.69) is 5.32 Å². The number of halogens is 1. The molecular weight excluding hydrogens is 330 g/mol. The average molecular weight is 352 g/mol. The van der Waals surface area contributed by atoms with Crippen molar-refractivity contribution in [3.63, 3.8) is 0 Å². The molecule has 0 spiro atoms. The lowest BCUT2D eigenvalue weighted by Crippen LogP contribution is -2.42. The van der Waals surface area contributed by atoms with Gasteiger partial charge in [-0.2, -0.15) is 0 Å². The van der Waals surface area contributed by atoms with Crippen LogP contribution in [0.15, 0.2) is 24.3 Å². The summed E-state index contributed by atoms with van der Waals surface area (Å²) in [5.41, 5.74) is 1.01. The van der Waals surface area contributed by atoms with Crippen molar-refractivity contribution in [2.45, 2.75) is 18.4 Å². The number of carbonyl (C=O) groups is 2. The minimum Gasteiger partial charge on any atom is -0.465 e. The second-order valence-corrected chi connectivity index (χ2v) is 6.99. The van der Waals surface area contributed by atoms with E-state index in [0.717, 1.165) is 18.5 Å². The minimum absolute atomic E-state index is 0.00440. The molecule has 1 aromatic carbocycles. The zero-order valence-electron chi connectivity index (χ0n) is 13.6. The fourth-order valence-electron chi connectivity index (χ4n) is 3.66. The van der Waals surface area contributed by atoms with Gasteiger partial charge in [-0.1, -0.05) is 23.7 Å². The Balaban J connectivity index is 1.82. The van der Waals surface area contributed by atoms with Crippen LogP contribution in [0.1, 0.15) is 17.9 Å². The normalized spacial score (nSPS) is 26.6. The molecular formula is C17H22ClN3O3. The number of hydrogen-bond acceptors (Lipinski definition) is 3. The van der Waals surface area contributed by atoms with Crippen LogP contribution in [0.4, 0.5) is 4.79 Å². The van der Waals surface area contributed by atoms with E-state index in [4.69, 9.17) is 11.6 Å². The molecule has 130 valence electrons. The summed E-state index contributed by atoms with van der Waals surface area (Å²) in [6.45, 7) is 2.55. The molecule has 2 aliphatic rings. The van der Waals surface area contributed by atoms with Crippen LogP contribution in [-0.4, -0.2) is 66.2 Å². The van der Waals surface area contributed by atoms with Crippen molar-refractivity contribution < 1.29 is 14.7 Å². The molecule has 0 radical (unpaired) electrons. The molecule has 2 saturated heterocycles. The lowest BCUT2D eigenvalue weighted by molar-refractivity contribution is -0.134. The molecule has 2 aliphatic heterocycles. The standard InChI is InChI=1S/C17H22ClN3O3/c1-20(17(23)24)15-10-21(16(22)12-6-7-19-8-12)9-14(15)11-2-4-13(18)5-3-11/h2-5,12,14-15,19H,6-10H2,1H3,(H,23,24)/t12?,14-,15+/m0/s1.